The molecule has 1 aliphatic carbocycles. The second kappa shape index (κ2) is 8.64. The van der Waals surface area contributed by atoms with Crippen LogP contribution in [0.2, 0.25) is 5.02 Å². The molecule has 6 nitrogen and oxygen atoms in total. The van der Waals surface area contributed by atoms with Crippen molar-refractivity contribution in [2.45, 2.75) is 50.4 Å². The van der Waals surface area contributed by atoms with Crippen LogP contribution >= 0.6 is 22.9 Å². The van der Waals surface area contributed by atoms with E-state index in [1.807, 2.05) is 0 Å². The number of hydrogen-bond acceptors (Lipinski definition) is 5. The van der Waals surface area contributed by atoms with Crippen molar-refractivity contribution in [2.24, 2.45) is 0 Å². The smallest absolute Gasteiger partial charge is 0.363 e. The van der Waals surface area contributed by atoms with E-state index in [1.54, 1.807) is 24.3 Å². The van der Waals surface area contributed by atoms with Crippen LogP contribution in [0.1, 0.15) is 63.4 Å². The highest BCUT2D eigenvalue weighted by Crippen LogP contribution is 2.44. The molecule has 0 radical (unpaired) electrons. The Bertz CT molecular complexity index is 1290. The van der Waals surface area contributed by atoms with Crippen LogP contribution in [0.4, 0.5) is 24.0 Å². The number of amides is 1. The van der Waals surface area contributed by atoms with Crippen molar-refractivity contribution in [3.63, 3.8) is 0 Å². The van der Waals surface area contributed by atoms with Gasteiger partial charge in [-0.25, -0.2) is 4.68 Å². The van der Waals surface area contributed by atoms with E-state index < -0.39 is 24.2 Å². The zero-order valence-electron chi connectivity index (χ0n) is 17.7. The molecule has 11 heteroatoms. The Kier molecular flexibility index (Phi) is 5.78. The fraction of sp³-hybridized carbons (Fsp3) is 0.348. The molecule has 2 aliphatic rings. The van der Waals surface area contributed by atoms with Gasteiger partial charge in [-0.1, -0.05) is 23.7 Å². The molecule has 2 aromatic heterocycles. The zero-order valence-corrected chi connectivity index (χ0v) is 19.3. The number of carbonyl (C=O) groups excluding carboxylic acids is 1. The number of thiophene rings is 1. The lowest BCUT2D eigenvalue weighted by atomic mass is 9.96. The summed E-state index contributed by atoms with van der Waals surface area (Å²) >= 11 is 7.27. The quantitative estimate of drug-likeness (QED) is 0.440. The summed E-state index contributed by atoms with van der Waals surface area (Å²) in [7, 11) is 0. The summed E-state index contributed by atoms with van der Waals surface area (Å²) in [4.78, 5) is 14.0. The minimum Gasteiger partial charge on any atom is -0.363 e. The monoisotopic (exact) mass is 505 g/mol. The maximum absolute atomic E-state index is 13.9. The Morgan fingerprint density at radius 3 is 2.71 bits per heavy atom. The minimum absolute atomic E-state index is 0.102. The van der Waals surface area contributed by atoms with Crippen molar-refractivity contribution >= 4 is 39.7 Å². The number of alkyl halides is 3. The third-order valence-corrected chi connectivity index (χ3v) is 7.66. The molecule has 2 N–H and O–H groups in total. The SMILES string of the molecule is N#Cc1c(NC(=O)c2cc3n(n2)C(C(F)(F)F)CC(c2ccc(Cl)cc2)N3)sc2c1CCCC2. The first-order valence-corrected chi connectivity index (χ1v) is 12.0. The Hall–Kier alpha value is -3.03. The van der Waals surface area contributed by atoms with E-state index in [9.17, 15) is 23.2 Å². The predicted molar refractivity (Wildman–Crippen MR) is 123 cm³/mol. The molecule has 1 aromatic carbocycles. The molecule has 3 heterocycles. The third kappa shape index (κ3) is 4.14. The lowest BCUT2D eigenvalue weighted by Crippen LogP contribution is -2.35. The molecule has 0 saturated heterocycles. The maximum Gasteiger partial charge on any atom is 0.410 e. The molecule has 34 heavy (non-hydrogen) atoms. The first-order valence-electron chi connectivity index (χ1n) is 10.8. The standard InChI is InChI=1S/C23H19ClF3N5OS/c24-13-7-5-12(6-8-13)16-9-19(23(25,26)27)32-20(29-16)10-17(31-32)21(33)30-22-15(11-28)14-3-1-2-4-18(14)34-22/h5-8,10,16,19,29H,1-4,9H2,(H,30,33). The highest BCUT2D eigenvalue weighted by molar-refractivity contribution is 7.16. The van der Waals surface area contributed by atoms with Crippen LogP contribution in [0.15, 0.2) is 30.3 Å². The van der Waals surface area contributed by atoms with Crippen LogP contribution in [0.5, 0.6) is 0 Å². The molecule has 2 unspecified atom stereocenters. The molecular weight excluding hydrogens is 487 g/mol. The van der Waals surface area contributed by atoms with Crippen molar-refractivity contribution < 1.29 is 18.0 Å². The van der Waals surface area contributed by atoms with Crippen molar-refractivity contribution in [2.75, 3.05) is 10.6 Å². The molecule has 2 atom stereocenters. The summed E-state index contributed by atoms with van der Waals surface area (Å²) in [5, 5.41) is 20.3. The fourth-order valence-electron chi connectivity index (χ4n) is 4.54. The van der Waals surface area contributed by atoms with Gasteiger partial charge < -0.3 is 10.6 Å². The molecule has 1 aliphatic heterocycles. The number of halogens is 4. The average molecular weight is 506 g/mol. The summed E-state index contributed by atoms with van der Waals surface area (Å²) in [6.07, 6.45) is -1.18. The summed E-state index contributed by atoms with van der Waals surface area (Å²) < 4.78 is 42.6. The number of nitriles is 1. The van der Waals surface area contributed by atoms with Crippen molar-refractivity contribution in [3.05, 3.63) is 62.6 Å². The number of anilines is 2. The predicted octanol–water partition coefficient (Wildman–Crippen LogP) is 6.26. The molecule has 0 bridgehead atoms. The van der Waals surface area contributed by atoms with E-state index in [4.69, 9.17) is 11.6 Å². The normalized spacial score (nSPS) is 19.5. The van der Waals surface area contributed by atoms with Crippen molar-refractivity contribution in [3.8, 4) is 6.07 Å². The first kappa shape index (κ1) is 22.7. The summed E-state index contributed by atoms with van der Waals surface area (Å²) in [5.74, 6) is -0.549. The third-order valence-electron chi connectivity index (χ3n) is 6.21. The minimum atomic E-state index is -4.55. The largest absolute Gasteiger partial charge is 0.410 e. The fourth-order valence-corrected chi connectivity index (χ4v) is 5.90. The van der Waals surface area contributed by atoms with Gasteiger partial charge in [0.15, 0.2) is 11.7 Å². The van der Waals surface area contributed by atoms with Gasteiger partial charge in [-0.15, -0.1) is 11.3 Å². The van der Waals surface area contributed by atoms with Crippen molar-refractivity contribution in [1.82, 2.24) is 9.78 Å². The highest BCUT2D eigenvalue weighted by atomic mass is 35.5. The van der Waals surface area contributed by atoms with Gasteiger partial charge >= 0.3 is 6.18 Å². The van der Waals surface area contributed by atoms with Crippen molar-refractivity contribution in [1.29, 1.82) is 5.26 Å². The molecule has 0 saturated carbocycles. The van der Waals surface area contributed by atoms with Gasteiger partial charge in [0.2, 0.25) is 0 Å². The van der Waals surface area contributed by atoms with E-state index in [1.165, 1.54) is 17.4 Å². The van der Waals surface area contributed by atoms with E-state index >= 15 is 0 Å². The number of aryl methyl sites for hydroxylation is 1. The Labute approximate surface area is 202 Å². The lowest BCUT2D eigenvalue weighted by molar-refractivity contribution is -0.173. The number of nitrogens with one attached hydrogen (secondary N) is 2. The highest BCUT2D eigenvalue weighted by Gasteiger charge is 2.46. The summed E-state index contributed by atoms with van der Waals surface area (Å²) in [5.41, 5.74) is 1.90. The van der Waals surface area contributed by atoms with E-state index in [0.717, 1.165) is 40.8 Å². The number of fused-ring (bicyclic) bond motifs is 2. The van der Waals surface area contributed by atoms with Gasteiger partial charge in [0.1, 0.15) is 16.9 Å². The van der Waals surface area contributed by atoms with Gasteiger partial charge in [-0.2, -0.15) is 23.5 Å². The van der Waals surface area contributed by atoms with Gasteiger partial charge in [0.05, 0.1) is 11.6 Å². The molecule has 5 rings (SSSR count). The van der Waals surface area contributed by atoms with Crippen LogP contribution in [0.3, 0.4) is 0 Å². The number of hydrogen-bond donors (Lipinski definition) is 2. The van der Waals surface area contributed by atoms with E-state index in [0.29, 0.717) is 21.2 Å². The molecule has 176 valence electrons. The van der Waals surface area contributed by atoms with Crippen LogP contribution in [0, 0.1) is 11.3 Å². The maximum atomic E-state index is 13.9. The van der Waals surface area contributed by atoms with Crippen LogP contribution in [0.25, 0.3) is 0 Å². The molecule has 0 fully saturated rings. The second-order valence-corrected chi connectivity index (χ2v) is 9.92. The van der Waals surface area contributed by atoms with E-state index in [-0.39, 0.29) is 17.9 Å². The Morgan fingerprint density at radius 2 is 2.00 bits per heavy atom. The Balaban J connectivity index is 1.45. The number of nitrogens with zero attached hydrogens (tertiary/aromatic N) is 3. The summed E-state index contributed by atoms with van der Waals surface area (Å²) in [6, 6.07) is 7.56. The second-order valence-electron chi connectivity index (χ2n) is 8.38. The van der Waals surface area contributed by atoms with Gasteiger partial charge in [0, 0.05) is 22.4 Å². The number of rotatable bonds is 3. The van der Waals surface area contributed by atoms with Gasteiger partial charge in [-0.3, -0.25) is 4.79 Å². The van der Waals surface area contributed by atoms with Gasteiger partial charge in [0.25, 0.3) is 5.91 Å². The van der Waals surface area contributed by atoms with Crippen LogP contribution in [-0.2, 0) is 12.8 Å². The van der Waals surface area contributed by atoms with Gasteiger partial charge in [-0.05, 0) is 48.9 Å². The Morgan fingerprint density at radius 1 is 1.26 bits per heavy atom. The number of benzene rings is 1. The summed E-state index contributed by atoms with van der Waals surface area (Å²) in [6.45, 7) is 0. The molecule has 3 aromatic rings. The number of carbonyl (C=O) groups is 1. The topological polar surface area (TPSA) is 82.7 Å². The average Bonchev–Trinajstić information content (AvgIpc) is 3.39. The molecule has 0 spiro atoms. The first-order chi connectivity index (χ1) is 16.2. The number of aromatic nitrogens is 2. The lowest BCUT2D eigenvalue weighted by Gasteiger charge is -2.33. The van der Waals surface area contributed by atoms with E-state index in [2.05, 4.69) is 21.8 Å². The zero-order chi connectivity index (χ0) is 24.0. The molecular formula is C23H19ClF3N5OS. The molecule has 1 amide bonds. The van der Waals surface area contributed by atoms with Crippen LogP contribution < -0.4 is 10.6 Å². The van der Waals surface area contributed by atoms with Crippen LogP contribution in [-0.4, -0.2) is 21.9 Å².